The molecular weight excluding hydrogens is 201 g/mol. The van der Waals surface area contributed by atoms with E-state index in [2.05, 4.69) is 4.98 Å². The van der Waals surface area contributed by atoms with E-state index in [0.29, 0.717) is 10.5 Å². The highest BCUT2D eigenvalue weighted by Gasteiger charge is 2.05. The third-order valence-corrected chi connectivity index (χ3v) is 2.13. The van der Waals surface area contributed by atoms with Crippen LogP contribution < -0.4 is 0 Å². The van der Waals surface area contributed by atoms with Gasteiger partial charge >= 0.3 is 0 Å². The molecule has 0 spiro atoms. The molecule has 76 valence electrons. The fraction of sp³-hybridized carbons (Fsp3) is 0.273. The molecule has 1 nitrogen and oxygen atoms in total. The maximum absolute atomic E-state index is 13.1. The third-order valence-electron chi connectivity index (χ3n) is 1.91. The van der Waals surface area contributed by atoms with Crippen molar-refractivity contribution in [1.82, 2.24) is 4.98 Å². The number of rotatable bonds is 0. The van der Waals surface area contributed by atoms with Gasteiger partial charge in [-0.2, -0.15) is 0 Å². The van der Waals surface area contributed by atoms with Crippen LogP contribution >= 0.6 is 11.6 Å². The van der Waals surface area contributed by atoms with Crippen LogP contribution in [-0.4, -0.2) is 4.98 Å². The Balaban J connectivity index is 0.000000461. The van der Waals surface area contributed by atoms with Crippen LogP contribution in [0, 0.1) is 12.7 Å². The van der Waals surface area contributed by atoms with E-state index in [1.54, 1.807) is 12.3 Å². The lowest BCUT2D eigenvalue weighted by molar-refractivity contribution is 0.637. The van der Waals surface area contributed by atoms with E-state index in [0.717, 1.165) is 10.9 Å². The van der Waals surface area contributed by atoms with E-state index >= 15 is 0 Å². The minimum atomic E-state index is -0.300. The predicted octanol–water partition coefficient (Wildman–Crippen LogP) is 4.30. The zero-order valence-electron chi connectivity index (χ0n) is 8.49. The van der Waals surface area contributed by atoms with Crippen molar-refractivity contribution in [3.63, 3.8) is 0 Å². The van der Waals surface area contributed by atoms with E-state index in [1.807, 2.05) is 20.8 Å². The van der Waals surface area contributed by atoms with Crippen LogP contribution in [0.25, 0.3) is 10.9 Å². The molecular formula is C11H13ClFN. The maximum atomic E-state index is 13.1. The Hall–Kier alpha value is -1.02. The summed E-state index contributed by atoms with van der Waals surface area (Å²) < 4.78 is 13.1. The van der Waals surface area contributed by atoms with Crippen molar-refractivity contribution >= 4 is 22.5 Å². The van der Waals surface area contributed by atoms with Gasteiger partial charge in [0.05, 0.1) is 5.52 Å². The van der Waals surface area contributed by atoms with Crippen molar-refractivity contribution in [2.75, 3.05) is 0 Å². The number of H-pyrrole nitrogens is 1. The van der Waals surface area contributed by atoms with Gasteiger partial charge < -0.3 is 4.98 Å². The lowest BCUT2D eigenvalue weighted by Crippen LogP contribution is -1.77. The summed E-state index contributed by atoms with van der Waals surface area (Å²) in [5.74, 6) is -0.300. The Morgan fingerprint density at radius 1 is 1.29 bits per heavy atom. The number of benzene rings is 1. The summed E-state index contributed by atoms with van der Waals surface area (Å²) in [6.07, 6.45) is 1.77. The first-order valence-electron chi connectivity index (χ1n) is 4.61. The Labute approximate surface area is 87.9 Å². The fourth-order valence-electron chi connectivity index (χ4n) is 1.29. The monoisotopic (exact) mass is 213 g/mol. The number of aryl methyl sites for hydroxylation is 1. The molecule has 1 heterocycles. The van der Waals surface area contributed by atoms with Crippen LogP contribution in [0.1, 0.15) is 19.4 Å². The van der Waals surface area contributed by atoms with Crippen LogP contribution in [0.5, 0.6) is 0 Å². The first kappa shape index (κ1) is 11.1. The minimum absolute atomic E-state index is 0.300. The van der Waals surface area contributed by atoms with Crippen LogP contribution in [0.3, 0.4) is 0 Å². The van der Waals surface area contributed by atoms with E-state index in [-0.39, 0.29) is 5.82 Å². The van der Waals surface area contributed by atoms with Gasteiger partial charge in [-0.3, -0.25) is 0 Å². The van der Waals surface area contributed by atoms with Crippen LogP contribution in [0.4, 0.5) is 4.39 Å². The van der Waals surface area contributed by atoms with E-state index in [4.69, 9.17) is 11.6 Å². The quantitative estimate of drug-likeness (QED) is 0.672. The average molecular weight is 214 g/mol. The molecule has 1 aromatic carbocycles. The van der Waals surface area contributed by atoms with Gasteiger partial charge in [0.2, 0.25) is 0 Å². The molecule has 0 unspecified atom stereocenters. The average Bonchev–Trinajstić information content (AvgIpc) is 2.52. The highest BCUT2D eigenvalue weighted by atomic mass is 35.5. The largest absolute Gasteiger partial charge is 0.359 e. The standard InChI is InChI=1S/C9H7ClFN.C2H6/c1-5-4-12-9-7(5)2-6(10)3-8(9)11;1-2/h2-4,12H,1H3;1-2H3. The summed E-state index contributed by atoms with van der Waals surface area (Å²) >= 11 is 5.70. The first-order valence-corrected chi connectivity index (χ1v) is 4.99. The SMILES string of the molecule is CC.Cc1c[nH]c2c(F)cc(Cl)cc12. The van der Waals surface area contributed by atoms with E-state index in [1.165, 1.54) is 6.07 Å². The van der Waals surface area contributed by atoms with E-state index < -0.39 is 0 Å². The van der Waals surface area contributed by atoms with Gasteiger partial charge in [-0.25, -0.2) is 4.39 Å². The second kappa shape index (κ2) is 4.47. The van der Waals surface area contributed by atoms with Gasteiger partial charge in [-0.1, -0.05) is 25.4 Å². The molecule has 2 aromatic rings. The molecule has 0 aliphatic heterocycles. The molecule has 0 saturated carbocycles. The molecule has 0 aliphatic carbocycles. The molecule has 0 fully saturated rings. The Morgan fingerprint density at radius 2 is 1.93 bits per heavy atom. The van der Waals surface area contributed by atoms with Crippen molar-refractivity contribution in [2.45, 2.75) is 20.8 Å². The molecule has 1 N–H and O–H groups in total. The van der Waals surface area contributed by atoms with Crippen molar-refractivity contribution in [1.29, 1.82) is 0 Å². The molecule has 0 saturated heterocycles. The zero-order chi connectivity index (χ0) is 10.7. The Morgan fingerprint density at radius 3 is 2.57 bits per heavy atom. The van der Waals surface area contributed by atoms with Crippen LogP contribution in [0.2, 0.25) is 5.02 Å². The van der Waals surface area contributed by atoms with Crippen molar-refractivity contribution in [2.24, 2.45) is 0 Å². The number of aromatic nitrogens is 1. The Kier molecular flexibility index (Phi) is 3.53. The molecule has 0 aliphatic rings. The van der Waals surface area contributed by atoms with Gasteiger partial charge in [-0.05, 0) is 24.6 Å². The summed E-state index contributed by atoms with van der Waals surface area (Å²) in [7, 11) is 0. The first-order chi connectivity index (χ1) is 6.68. The summed E-state index contributed by atoms with van der Waals surface area (Å²) in [6.45, 7) is 5.91. The summed E-state index contributed by atoms with van der Waals surface area (Å²) in [4.78, 5) is 2.85. The highest BCUT2D eigenvalue weighted by Crippen LogP contribution is 2.24. The molecule has 0 radical (unpaired) electrons. The normalized spacial score (nSPS) is 9.79. The maximum Gasteiger partial charge on any atom is 0.148 e. The van der Waals surface area contributed by atoms with Gasteiger partial charge in [0.15, 0.2) is 0 Å². The van der Waals surface area contributed by atoms with Crippen molar-refractivity contribution in [3.05, 3.63) is 34.7 Å². The third kappa shape index (κ3) is 1.90. The topological polar surface area (TPSA) is 15.8 Å². The highest BCUT2D eigenvalue weighted by molar-refractivity contribution is 6.31. The molecule has 3 heteroatoms. The molecule has 1 aromatic heterocycles. The molecule has 0 atom stereocenters. The molecule has 2 rings (SSSR count). The minimum Gasteiger partial charge on any atom is -0.359 e. The van der Waals surface area contributed by atoms with Crippen molar-refractivity contribution in [3.8, 4) is 0 Å². The second-order valence-electron chi connectivity index (χ2n) is 2.78. The van der Waals surface area contributed by atoms with E-state index in [9.17, 15) is 4.39 Å². The summed E-state index contributed by atoms with van der Waals surface area (Å²) in [5.41, 5.74) is 1.53. The predicted molar refractivity (Wildman–Crippen MR) is 59.4 cm³/mol. The number of nitrogens with one attached hydrogen (secondary N) is 1. The van der Waals surface area contributed by atoms with Gasteiger partial charge in [0.25, 0.3) is 0 Å². The van der Waals surface area contributed by atoms with Gasteiger partial charge in [0.1, 0.15) is 5.82 Å². The van der Waals surface area contributed by atoms with Gasteiger partial charge in [-0.15, -0.1) is 0 Å². The smallest absolute Gasteiger partial charge is 0.148 e. The number of fused-ring (bicyclic) bond motifs is 1. The second-order valence-corrected chi connectivity index (χ2v) is 3.22. The summed E-state index contributed by atoms with van der Waals surface area (Å²) in [5, 5.41) is 1.28. The fourth-order valence-corrected chi connectivity index (χ4v) is 1.49. The number of hydrogen-bond donors (Lipinski definition) is 1. The lowest BCUT2D eigenvalue weighted by atomic mass is 10.2. The van der Waals surface area contributed by atoms with Crippen LogP contribution in [0.15, 0.2) is 18.3 Å². The van der Waals surface area contributed by atoms with Crippen molar-refractivity contribution < 1.29 is 4.39 Å². The molecule has 14 heavy (non-hydrogen) atoms. The number of halogens is 2. The number of hydrogen-bond acceptors (Lipinski definition) is 0. The molecule has 0 bridgehead atoms. The van der Waals surface area contributed by atoms with Crippen LogP contribution in [-0.2, 0) is 0 Å². The Bertz CT molecular complexity index is 434. The number of aromatic amines is 1. The van der Waals surface area contributed by atoms with Gasteiger partial charge in [0, 0.05) is 16.6 Å². The zero-order valence-corrected chi connectivity index (χ0v) is 9.24. The molecule has 0 amide bonds. The summed E-state index contributed by atoms with van der Waals surface area (Å²) in [6, 6.07) is 3.06. The lowest BCUT2D eigenvalue weighted by Gasteiger charge is -1.94.